The molecule has 9 nitrogen and oxygen atoms in total. The van der Waals surface area contributed by atoms with Crippen molar-refractivity contribution in [3.63, 3.8) is 0 Å². The fourth-order valence-electron chi connectivity index (χ4n) is 12.1. The Bertz CT molecular complexity index is 1550. The van der Waals surface area contributed by atoms with Crippen LogP contribution in [-0.4, -0.2) is 74.3 Å². The van der Waals surface area contributed by atoms with Gasteiger partial charge in [0, 0.05) is 12.8 Å². The fourth-order valence-corrected chi connectivity index (χ4v) is 12.9. The molecule has 2 N–H and O–H groups in total. The zero-order chi connectivity index (χ0) is 64.2. The quantitative estimate of drug-likeness (QED) is 0.0205. The van der Waals surface area contributed by atoms with E-state index in [1.165, 1.54) is 321 Å². The van der Waals surface area contributed by atoms with Crippen LogP contribution in [0.2, 0.25) is 0 Å². The van der Waals surface area contributed by atoms with E-state index in [9.17, 15) is 19.0 Å². The molecule has 0 spiro atoms. The smallest absolute Gasteiger partial charge is 0.456 e. The minimum Gasteiger partial charge on any atom is -0.456 e. The third kappa shape index (κ3) is 68.8. The number of unbranched alkanes of at least 4 members (excludes halogenated alkanes) is 55. The second kappa shape index (κ2) is 68.4. The number of nitrogens with zero attached hydrogens (tertiary/aromatic N) is 1. The Morgan fingerprint density at radius 1 is 0.386 bits per heavy atom. The molecule has 0 aliphatic rings. The van der Waals surface area contributed by atoms with Gasteiger partial charge in [-0.1, -0.05) is 366 Å². The molecule has 1 amide bonds. The highest BCUT2D eigenvalue weighted by Crippen LogP contribution is 2.43. The third-order valence-electron chi connectivity index (χ3n) is 18.1. The predicted molar refractivity (Wildman–Crippen MR) is 383 cm³/mol. The summed E-state index contributed by atoms with van der Waals surface area (Å²) >= 11 is 0. The van der Waals surface area contributed by atoms with Gasteiger partial charge < -0.3 is 19.4 Å². The highest BCUT2D eigenvalue weighted by atomic mass is 31.2. The first-order chi connectivity index (χ1) is 42.9. The largest absolute Gasteiger partial charge is 0.472 e. The monoisotopic (exact) mass is 1260 g/mol. The zero-order valence-electron chi connectivity index (χ0n) is 60.0. The summed E-state index contributed by atoms with van der Waals surface area (Å²) < 4.78 is 30.9. The van der Waals surface area contributed by atoms with Crippen molar-refractivity contribution >= 4 is 19.7 Å². The maximum absolute atomic E-state index is 13.7. The molecular formula is C78H154N2O7P+. The minimum absolute atomic E-state index is 0.0451. The molecule has 0 heterocycles. The van der Waals surface area contributed by atoms with Crippen LogP contribution in [0, 0.1) is 0 Å². The number of carbonyl (C=O) groups excluding carboxylic acids is 2. The van der Waals surface area contributed by atoms with E-state index in [0.29, 0.717) is 23.9 Å². The van der Waals surface area contributed by atoms with E-state index in [2.05, 4.69) is 44.3 Å². The predicted octanol–water partition coefficient (Wildman–Crippen LogP) is 25.2. The summed E-state index contributed by atoms with van der Waals surface area (Å²) in [7, 11) is 1.52. The van der Waals surface area contributed by atoms with Crippen LogP contribution >= 0.6 is 7.82 Å². The van der Waals surface area contributed by atoms with E-state index < -0.39 is 20.0 Å². The lowest BCUT2D eigenvalue weighted by molar-refractivity contribution is -0.870. The Hall–Kier alpha value is -1.51. The van der Waals surface area contributed by atoms with Crippen molar-refractivity contribution < 1.29 is 37.3 Å². The molecular weight excluding hydrogens is 1110 g/mol. The van der Waals surface area contributed by atoms with Gasteiger partial charge in [-0.15, -0.1) is 0 Å². The Labute approximate surface area is 549 Å². The number of carbonyl (C=O) groups is 2. The number of hydrogen-bond acceptors (Lipinski definition) is 6. The SMILES string of the molecule is CCCCCCCC/C=C/CCCCCCCCCCCCCCCCCCCC(=O)NC(COP(=O)(O)OCC[N+](C)(C)C)C(/C=C/CCCCCCCCCCCC)OC(=O)CCCCCCCCCCCCCCCCCCCCCCCCC. The zero-order valence-corrected chi connectivity index (χ0v) is 60.9. The number of nitrogens with one attached hydrogen (secondary N) is 1. The molecule has 0 bridgehead atoms. The Morgan fingerprint density at radius 3 is 0.966 bits per heavy atom. The van der Waals surface area contributed by atoms with Crippen molar-refractivity contribution in [2.45, 2.75) is 425 Å². The van der Waals surface area contributed by atoms with Crippen molar-refractivity contribution in [2.75, 3.05) is 40.9 Å². The van der Waals surface area contributed by atoms with E-state index in [1.54, 1.807) is 0 Å². The van der Waals surface area contributed by atoms with E-state index in [0.717, 1.165) is 57.8 Å². The summed E-state index contributed by atoms with van der Waals surface area (Å²) in [5.41, 5.74) is 0. The van der Waals surface area contributed by atoms with E-state index in [-0.39, 0.29) is 25.1 Å². The van der Waals surface area contributed by atoms with Crippen molar-refractivity contribution in [1.29, 1.82) is 0 Å². The molecule has 0 radical (unpaired) electrons. The van der Waals surface area contributed by atoms with Crippen LogP contribution in [0.3, 0.4) is 0 Å². The number of phosphoric acid groups is 1. The number of amides is 1. The molecule has 0 aliphatic heterocycles. The number of rotatable bonds is 73. The van der Waals surface area contributed by atoms with Crippen molar-refractivity contribution in [1.82, 2.24) is 5.32 Å². The van der Waals surface area contributed by atoms with E-state index in [1.807, 2.05) is 27.2 Å². The molecule has 0 aromatic rings. The minimum atomic E-state index is -4.45. The van der Waals surface area contributed by atoms with Gasteiger partial charge in [-0.05, 0) is 57.4 Å². The molecule has 3 atom stereocenters. The number of likely N-dealkylation sites (N-methyl/N-ethyl adjacent to an activating group) is 1. The van der Waals surface area contributed by atoms with Crippen LogP contribution in [0.1, 0.15) is 412 Å². The number of phosphoric ester groups is 1. The fraction of sp³-hybridized carbons (Fsp3) is 0.923. The molecule has 522 valence electrons. The molecule has 0 aromatic heterocycles. The number of allylic oxidation sites excluding steroid dienone is 3. The van der Waals surface area contributed by atoms with Gasteiger partial charge in [0.2, 0.25) is 5.91 Å². The standard InChI is InChI=1S/C78H153N2O7P/c1-7-10-13-16-19-22-25-28-30-32-34-36-38-39-40-41-43-44-46-48-50-52-55-58-61-64-67-70-77(81)79-75(74-86-88(83,84)85-73-72-80(4,5)6)76(69-66-63-60-57-54-27-24-21-18-15-12-9-3)87-78(82)71-68-65-62-59-56-53-51-49-47-45-42-37-35-33-31-29-26-23-20-17-14-11-8-2/h28,30,66,69,75-76H,7-27,29,31-65,67-68,70-74H2,1-6H3,(H-,79,81,83,84)/p+1/b30-28+,69-66+. The van der Waals surface area contributed by atoms with Crippen molar-refractivity contribution in [2.24, 2.45) is 0 Å². The summed E-state index contributed by atoms with van der Waals surface area (Å²) in [6, 6.07) is -0.843. The Kier molecular flexibility index (Phi) is 67.2. The molecule has 0 fully saturated rings. The van der Waals surface area contributed by atoms with Gasteiger partial charge >= 0.3 is 13.8 Å². The molecule has 0 aromatic carbocycles. The van der Waals surface area contributed by atoms with Gasteiger partial charge in [-0.25, -0.2) is 4.57 Å². The molecule has 0 aliphatic carbocycles. The van der Waals surface area contributed by atoms with Crippen molar-refractivity contribution in [3.8, 4) is 0 Å². The summed E-state index contributed by atoms with van der Waals surface area (Å²) in [6.45, 7) is 7.09. The molecule has 0 saturated heterocycles. The first-order valence-corrected chi connectivity index (χ1v) is 40.7. The van der Waals surface area contributed by atoms with Crippen LogP contribution in [0.5, 0.6) is 0 Å². The van der Waals surface area contributed by atoms with Crippen LogP contribution in [0.15, 0.2) is 24.3 Å². The molecule has 3 unspecified atom stereocenters. The second-order valence-electron chi connectivity index (χ2n) is 28.2. The van der Waals surface area contributed by atoms with Gasteiger partial charge in [-0.2, -0.15) is 0 Å². The molecule has 88 heavy (non-hydrogen) atoms. The average Bonchev–Trinajstić information content (AvgIpc) is 3.66. The van der Waals surface area contributed by atoms with Crippen LogP contribution < -0.4 is 5.32 Å². The Morgan fingerprint density at radius 2 is 0.659 bits per heavy atom. The van der Waals surface area contributed by atoms with Crippen LogP contribution in [-0.2, 0) is 27.9 Å². The molecule has 0 rings (SSSR count). The number of quaternary nitrogens is 1. The summed E-state index contributed by atoms with van der Waals surface area (Å²) in [4.78, 5) is 38.0. The Balaban J connectivity index is 4.90. The van der Waals surface area contributed by atoms with Gasteiger partial charge in [0.25, 0.3) is 0 Å². The lowest BCUT2D eigenvalue weighted by atomic mass is 10.0. The van der Waals surface area contributed by atoms with Crippen LogP contribution in [0.25, 0.3) is 0 Å². The lowest BCUT2D eigenvalue weighted by Gasteiger charge is -2.27. The highest BCUT2D eigenvalue weighted by molar-refractivity contribution is 7.47. The summed E-state index contributed by atoms with van der Waals surface area (Å²) in [5.74, 6) is -0.477. The lowest BCUT2D eigenvalue weighted by Crippen LogP contribution is -2.47. The second-order valence-corrected chi connectivity index (χ2v) is 29.7. The molecule has 10 heteroatoms. The van der Waals surface area contributed by atoms with Crippen molar-refractivity contribution in [3.05, 3.63) is 24.3 Å². The summed E-state index contributed by atoms with van der Waals surface area (Å²) in [6.07, 6.45) is 85.0. The van der Waals surface area contributed by atoms with Gasteiger partial charge in [0.05, 0.1) is 33.8 Å². The topological polar surface area (TPSA) is 111 Å². The number of hydrogen-bond donors (Lipinski definition) is 2. The van der Waals surface area contributed by atoms with E-state index >= 15 is 0 Å². The first-order valence-electron chi connectivity index (χ1n) is 39.2. The molecule has 0 saturated carbocycles. The van der Waals surface area contributed by atoms with Gasteiger partial charge in [0.1, 0.15) is 19.3 Å². The maximum atomic E-state index is 13.7. The number of esters is 1. The van der Waals surface area contributed by atoms with E-state index in [4.69, 9.17) is 13.8 Å². The third-order valence-corrected chi connectivity index (χ3v) is 19.1. The highest BCUT2D eigenvalue weighted by Gasteiger charge is 2.30. The summed E-state index contributed by atoms with van der Waals surface area (Å²) in [5, 5.41) is 3.09. The van der Waals surface area contributed by atoms with Crippen LogP contribution in [0.4, 0.5) is 0 Å². The van der Waals surface area contributed by atoms with Gasteiger partial charge in [0.15, 0.2) is 0 Å². The first kappa shape index (κ1) is 86.5. The average molecular weight is 1260 g/mol. The number of ether oxygens (including phenoxy) is 1. The normalized spacial score (nSPS) is 13.5. The van der Waals surface area contributed by atoms with Gasteiger partial charge in [-0.3, -0.25) is 18.6 Å². The maximum Gasteiger partial charge on any atom is 0.472 e.